The van der Waals surface area contributed by atoms with Crippen LogP contribution in [0.4, 0.5) is 0 Å². The first-order valence-electron chi connectivity index (χ1n) is 5.64. The lowest BCUT2D eigenvalue weighted by molar-refractivity contribution is 0.304. The van der Waals surface area contributed by atoms with Crippen molar-refractivity contribution in [3.63, 3.8) is 0 Å². The Morgan fingerprint density at radius 1 is 1.20 bits per heavy atom. The summed E-state index contributed by atoms with van der Waals surface area (Å²) < 4.78 is 6.46. The van der Waals surface area contributed by atoms with Crippen LogP contribution in [-0.2, 0) is 6.61 Å². The van der Waals surface area contributed by atoms with Gasteiger partial charge in [0.15, 0.2) is 0 Å². The van der Waals surface area contributed by atoms with E-state index in [-0.39, 0.29) is 0 Å². The number of rotatable bonds is 4. The maximum absolute atomic E-state index is 8.48. The van der Waals surface area contributed by atoms with E-state index in [1.807, 2.05) is 6.07 Å². The molecule has 2 aromatic rings. The molecule has 0 aromatic heterocycles. The largest absolute Gasteiger partial charge is 0.488 e. The molecule has 0 aliphatic heterocycles. The molecule has 1 N–H and O–H groups in total. The third-order valence-electron chi connectivity index (χ3n) is 2.56. The molecule has 0 aliphatic carbocycles. The van der Waals surface area contributed by atoms with E-state index in [0.29, 0.717) is 22.4 Å². The van der Waals surface area contributed by atoms with Gasteiger partial charge < -0.3 is 9.94 Å². The number of oxime groups is 1. The molecule has 0 fully saturated rings. The second kappa shape index (κ2) is 6.97. The summed E-state index contributed by atoms with van der Waals surface area (Å²) in [6, 6.07) is 10.6. The van der Waals surface area contributed by atoms with Crippen LogP contribution in [0.2, 0.25) is 10.0 Å². The van der Waals surface area contributed by atoms with Crippen molar-refractivity contribution in [1.82, 2.24) is 0 Å². The summed E-state index contributed by atoms with van der Waals surface area (Å²) in [5.41, 5.74) is 1.61. The fourth-order valence-corrected chi connectivity index (χ4v) is 2.55. The van der Waals surface area contributed by atoms with Crippen LogP contribution in [0, 0.1) is 0 Å². The Bertz CT molecular complexity index is 647. The molecule has 0 saturated carbocycles. The summed E-state index contributed by atoms with van der Waals surface area (Å²) in [5, 5.41) is 12.6. The molecular formula is C14H10BrCl2NO2. The summed E-state index contributed by atoms with van der Waals surface area (Å²) in [6.45, 7) is 0.335. The second-order valence-corrected chi connectivity index (χ2v) is 5.66. The average molecular weight is 375 g/mol. The first-order chi connectivity index (χ1) is 9.60. The van der Waals surface area contributed by atoms with Gasteiger partial charge in [-0.25, -0.2) is 0 Å². The van der Waals surface area contributed by atoms with Gasteiger partial charge in [0.25, 0.3) is 0 Å². The zero-order valence-electron chi connectivity index (χ0n) is 10.2. The minimum atomic E-state index is 0.335. The van der Waals surface area contributed by atoms with Crippen LogP contribution in [-0.4, -0.2) is 11.4 Å². The Kier molecular flexibility index (Phi) is 5.29. The lowest BCUT2D eigenvalue weighted by Gasteiger charge is -2.10. The smallest absolute Gasteiger partial charge is 0.134 e. The molecule has 0 aliphatic rings. The minimum Gasteiger partial charge on any atom is -0.488 e. The first kappa shape index (κ1) is 15.2. The number of hydrogen-bond acceptors (Lipinski definition) is 3. The molecule has 2 aromatic carbocycles. The Balaban J connectivity index is 2.11. The molecule has 0 saturated heterocycles. The van der Waals surface area contributed by atoms with E-state index in [0.717, 1.165) is 15.6 Å². The van der Waals surface area contributed by atoms with Crippen LogP contribution in [0.5, 0.6) is 5.75 Å². The highest BCUT2D eigenvalue weighted by atomic mass is 79.9. The summed E-state index contributed by atoms with van der Waals surface area (Å²) in [5.74, 6) is 0.672. The fourth-order valence-electron chi connectivity index (χ4n) is 1.58. The first-order valence-corrected chi connectivity index (χ1v) is 7.19. The van der Waals surface area contributed by atoms with Gasteiger partial charge >= 0.3 is 0 Å². The van der Waals surface area contributed by atoms with Gasteiger partial charge in [-0.15, -0.1) is 0 Å². The van der Waals surface area contributed by atoms with Crippen LogP contribution < -0.4 is 4.74 Å². The molecule has 104 valence electrons. The maximum atomic E-state index is 8.48. The number of ether oxygens (including phenoxy) is 1. The summed E-state index contributed by atoms with van der Waals surface area (Å²) >= 11 is 15.3. The lowest BCUT2D eigenvalue weighted by Crippen LogP contribution is -1.97. The highest BCUT2D eigenvalue weighted by Crippen LogP contribution is 2.28. The van der Waals surface area contributed by atoms with Gasteiger partial charge in [0.2, 0.25) is 0 Å². The van der Waals surface area contributed by atoms with Crippen molar-refractivity contribution < 1.29 is 9.94 Å². The molecule has 0 amide bonds. The monoisotopic (exact) mass is 373 g/mol. The molecule has 0 radical (unpaired) electrons. The highest BCUT2D eigenvalue weighted by Gasteiger charge is 2.05. The van der Waals surface area contributed by atoms with Gasteiger partial charge in [0.05, 0.1) is 10.7 Å². The Labute approximate surface area is 134 Å². The Morgan fingerprint density at radius 2 is 2.00 bits per heavy atom. The van der Waals surface area contributed by atoms with Gasteiger partial charge in [-0.1, -0.05) is 34.4 Å². The molecule has 20 heavy (non-hydrogen) atoms. The summed E-state index contributed by atoms with van der Waals surface area (Å²) in [7, 11) is 0. The average Bonchev–Trinajstić information content (AvgIpc) is 2.40. The Morgan fingerprint density at radius 3 is 2.65 bits per heavy atom. The van der Waals surface area contributed by atoms with Gasteiger partial charge in [-0.05, 0) is 51.8 Å². The van der Waals surface area contributed by atoms with Crippen LogP contribution in [0.15, 0.2) is 46.0 Å². The van der Waals surface area contributed by atoms with E-state index < -0.39 is 0 Å². The standard InChI is InChI=1S/C14H10BrCl2NO2/c15-12-5-9(7-18-19)1-4-14(12)20-8-10-2-3-11(16)6-13(10)17/h1-7,19H,8H2/b18-7-. The van der Waals surface area contributed by atoms with Crippen LogP contribution in [0.1, 0.15) is 11.1 Å². The number of nitrogens with zero attached hydrogens (tertiary/aromatic N) is 1. The van der Waals surface area contributed by atoms with Crippen molar-refractivity contribution >= 4 is 45.3 Å². The van der Waals surface area contributed by atoms with Crippen molar-refractivity contribution in [2.24, 2.45) is 5.16 Å². The van der Waals surface area contributed by atoms with E-state index in [1.165, 1.54) is 6.21 Å². The molecule has 2 rings (SSSR count). The van der Waals surface area contributed by atoms with Crippen molar-refractivity contribution in [1.29, 1.82) is 0 Å². The van der Waals surface area contributed by atoms with Crippen molar-refractivity contribution in [2.45, 2.75) is 6.61 Å². The number of halogens is 3. The predicted octanol–water partition coefficient (Wildman–Crippen LogP) is 5.14. The van der Waals surface area contributed by atoms with Gasteiger partial charge in [-0.2, -0.15) is 0 Å². The lowest BCUT2D eigenvalue weighted by atomic mass is 10.2. The fraction of sp³-hybridized carbons (Fsp3) is 0.0714. The zero-order chi connectivity index (χ0) is 14.5. The molecular weight excluding hydrogens is 365 g/mol. The molecule has 6 heteroatoms. The predicted molar refractivity (Wildman–Crippen MR) is 84.3 cm³/mol. The van der Waals surface area contributed by atoms with E-state index in [2.05, 4.69) is 21.1 Å². The number of hydrogen-bond donors (Lipinski definition) is 1. The molecule has 3 nitrogen and oxygen atoms in total. The van der Waals surface area contributed by atoms with Crippen LogP contribution in [0.3, 0.4) is 0 Å². The maximum Gasteiger partial charge on any atom is 0.134 e. The molecule has 0 unspecified atom stereocenters. The second-order valence-electron chi connectivity index (χ2n) is 3.96. The van der Waals surface area contributed by atoms with E-state index in [4.69, 9.17) is 33.1 Å². The molecule has 0 heterocycles. The van der Waals surface area contributed by atoms with Gasteiger partial charge in [0.1, 0.15) is 12.4 Å². The zero-order valence-corrected chi connectivity index (χ0v) is 13.3. The summed E-state index contributed by atoms with van der Waals surface area (Å²) in [6.07, 6.45) is 1.34. The molecule has 0 bridgehead atoms. The quantitative estimate of drug-likeness (QED) is 0.457. The van der Waals surface area contributed by atoms with E-state index >= 15 is 0 Å². The van der Waals surface area contributed by atoms with Crippen molar-refractivity contribution in [2.75, 3.05) is 0 Å². The SMILES string of the molecule is O/N=C\c1ccc(OCc2ccc(Cl)cc2Cl)c(Br)c1. The highest BCUT2D eigenvalue weighted by molar-refractivity contribution is 9.10. The van der Waals surface area contributed by atoms with Crippen LogP contribution >= 0.6 is 39.1 Å². The summed E-state index contributed by atoms with van der Waals surface area (Å²) in [4.78, 5) is 0. The van der Waals surface area contributed by atoms with Crippen molar-refractivity contribution in [3.8, 4) is 5.75 Å². The van der Waals surface area contributed by atoms with E-state index in [9.17, 15) is 0 Å². The third-order valence-corrected chi connectivity index (χ3v) is 3.77. The number of benzene rings is 2. The Hall–Kier alpha value is -1.23. The van der Waals surface area contributed by atoms with E-state index in [1.54, 1.807) is 30.3 Å². The topological polar surface area (TPSA) is 41.8 Å². The molecule has 0 atom stereocenters. The third kappa shape index (κ3) is 3.88. The normalized spacial score (nSPS) is 10.9. The minimum absolute atomic E-state index is 0.335. The van der Waals surface area contributed by atoms with Crippen LogP contribution in [0.25, 0.3) is 0 Å². The molecule has 0 spiro atoms. The van der Waals surface area contributed by atoms with Gasteiger partial charge in [0, 0.05) is 15.6 Å². The van der Waals surface area contributed by atoms with Gasteiger partial charge in [-0.3, -0.25) is 0 Å². The van der Waals surface area contributed by atoms with Crippen molar-refractivity contribution in [3.05, 3.63) is 62.0 Å².